The summed E-state index contributed by atoms with van der Waals surface area (Å²) in [6.45, 7) is 3.96. The van der Waals surface area contributed by atoms with Gasteiger partial charge in [0.25, 0.3) is 11.5 Å². The lowest BCUT2D eigenvalue weighted by Crippen LogP contribution is -2.22. The smallest absolute Gasteiger partial charge is 0.262 e. The largest absolute Gasteiger partial charge is 0.457 e. The van der Waals surface area contributed by atoms with E-state index in [1.54, 1.807) is 48.5 Å². The number of nitrogens with one attached hydrogen (secondary N) is 2. The van der Waals surface area contributed by atoms with Crippen LogP contribution in [0.25, 0.3) is 10.9 Å². The van der Waals surface area contributed by atoms with Crippen LogP contribution in [0.5, 0.6) is 11.5 Å². The van der Waals surface area contributed by atoms with Gasteiger partial charge in [-0.2, -0.15) is 0 Å². The van der Waals surface area contributed by atoms with Crippen molar-refractivity contribution in [2.45, 2.75) is 6.54 Å². The molecule has 0 atom stereocenters. The highest BCUT2D eigenvalue weighted by atomic mass is 32.1. The van der Waals surface area contributed by atoms with Crippen LogP contribution >= 0.6 is 12.2 Å². The molecule has 31 heavy (non-hydrogen) atoms. The molecule has 0 aliphatic carbocycles. The Morgan fingerprint density at radius 3 is 2.48 bits per heavy atom. The van der Waals surface area contributed by atoms with Gasteiger partial charge in [0.15, 0.2) is 4.77 Å². The first-order valence-electron chi connectivity index (χ1n) is 9.57. The Labute approximate surface area is 183 Å². The van der Waals surface area contributed by atoms with Gasteiger partial charge in [-0.3, -0.25) is 14.2 Å². The average Bonchev–Trinajstić information content (AvgIpc) is 2.78. The Hall–Kier alpha value is -3.97. The molecule has 0 saturated carbocycles. The maximum absolute atomic E-state index is 12.7. The van der Waals surface area contributed by atoms with Crippen molar-refractivity contribution < 1.29 is 9.53 Å². The van der Waals surface area contributed by atoms with E-state index in [1.165, 1.54) is 4.57 Å². The number of allylic oxidation sites excluding steroid dienone is 1. The molecule has 0 bridgehead atoms. The molecule has 6 nitrogen and oxygen atoms in total. The maximum Gasteiger partial charge on any atom is 0.262 e. The number of nitrogens with zero attached hydrogens (tertiary/aromatic N) is 1. The summed E-state index contributed by atoms with van der Waals surface area (Å²) in [5, 5.41) is 3.30. The van der Waals surface area contributed by atoms with Crippen LogP contribution in [0.1, 0.15) is 10.4 Å². The summed E-state index contributed by atoms with van der Waals surface area (Å²) >= 11 is 5.25. The number of ether oxygens (including phenoxy) is 1. The van der Waals surface area contributed by atoms with Crippen molar-refractivity contribution in [3.8, 4) is 11.5 Å². The van der Waals surface area contributed by atoms with Gasteiger partial charge in [-0.05, 0) is 66.8 Å². The van der Waals surface area contributed by atoms with Gasteiger partial charge in [0, 0.05) is 17.8 Å². The van der Waals surface area contributed by atoms with Crippen LogP contribution in [0.15, 0.2) is 90.2 Å². The fourth-order valence-electron chi connectivity index (χ4n) is 3.12. The first-order valence-corrected chi connectivity index (χ1v) is 9.98. The van der Waals surface area contributed by atoms with Crippen LogP contribution in [0.2, 0.25) is 0 Å². The molecule has 154 valence electrons. The summed E-state index contributed by atoms with van der Waals surface area (Å²) in [6.07, 6.45) is 1.61. The van der Waals surface area contributed by atoms with Crippen LogP contribution in [-0.2, 0) is 6.54 Å². The topological polar surface area (TPSA) is 76.1 Å². The number of aromatic nitrogens is 2. The zero-order chi connectivity index (χ0) is 21.8. The third-order valence-electron chi connectivity index (χ3n) is 4.65. The summed E-state index contributed by atoms with van der Waals surface area (Å²) in [7, 11) is 0. The highest BCUT2D eigenvalue weighted by Crippen LogP contribution is 2.23. The number of aromatic amines is 1. The molecule has 0 radical (unpaired) electrons. The molecule has 1 aromatic heterocycles. The minimum Gasteiger partial charge on any atom is -0.457 e. The Morgan fingerprint density at radius 1 is 1.06 bits per heavy atom. The number of benzene rings is 3. The maximum atomic E-state index is 12.7. The second-order valence-corrected chi connectivity index (χ2v) is 7.18. The summed E-state index contributed by atoms with van der Waals surface area (Å²) in [5.74, 6) is 1.10. The predicted octanol–water partition coefficient (Wildman–Crippen LogP) is 5.29. The Balaban J connectivity index is 1.53. The van der Waals surface area contributed by atoms with Crippen molar-refractivity contribution in [1.29, 1.82) is 0 Å². The number of H-pyrrole nitrogens is 1. The minimum absolute atomic E-state index is 0.223. The molecular formula is C24H19N3O3S. The number of hydrogen-bond donors (Lipinski definition) is 2. The van der Waals surface area contributed by atoms with Gasteiger partial charge < -0.3 is 15.0 Å². The van der Waals surface area contributed by atoms with E-state index < -0.39 is 0 Å². The number of hydrogen-bond acceptors (Lipinski definition) is 4. The molecule has 2 N–H and O–H groups in total. The van der Waals surface area contributed by atoms with Crippen molar-refractivity contribution in [3.05, 3.63) is 106 Å². The lowest BCUT2D eigenvalue weighted by molar-refractivity contribution is 0.102. The standard InChI is InChI=1S/C24H19N3O3S/c1-2-14-27-23(29)20-13-8-16(15-21(20)26-24(27)31)22(28)25-17-9-11-19(12-10-17)30-18-6-4-3-5-7-18/h2-13,15H,1,14H2,(H,25,28)(H,26,31). The molecule has 0 spiro atoms. The highest BCUT2D eigenvalue weighted by Gasteiger charge is 2.11. The van der Waals surface area contributed by atoms with Crippen LogP contribution in [0.4, 0.5) is 5.69 Å². The first kappa shape index (κ1) is 20.3. The van der Waals surface area contributed by atoms with Crippen LogP contribution in [0, 0.1) is 4.77 Å². The zero-order valence-corrected chi connectivity index (χ0v) is 17.3. The molecule has 4 aromatic rings. The molecule has 1 heterocycles. The monoisotopic (exact) mass is 429 g/mol. The van der Waals surface area contributed by atoms with Crippen molar-refractivity contribution in [3.63, 3.8) is 0 Å². The van der Waals surface area contributed by atoms with Gasteiger partial charge >= 0.3 is 0 Å². The first-order chi connectivity index (χ1) is 15.0. The van der Waals surface area contributed by atoms with Crippen molar-refractivity contribution in [2.24, 2.45) is 0 Å². The third-order valence-corrected chi connectivity index (χ3v) is 4.97. The molecule has 3 aromatic carbocycles. The highest BCUT2D eigenvalue weighted by molar-refractivity contribution is 7.71. The summed E-state index contributed by atoms with van der Waals surface area (Å²) < 4.78 is 7.46. The van der Waals surface area contributed by atoms with Gasteiger partial charge in [-0.25, -0.2) is 0 Å². The summed E-state index contributed by atoms with van der Waals surface area (Å²) in [6, 6.07) is 21.4. The molecule has 0 aliphatic rings. The van der Waals surface area contributed by atoms with Gasteiger partial charge in [-0.1, -0.05) is 24.3 Å². The van der Waals surface area contributed by atoms with Crippen molar-refractivity contribution in [2.75, 3.05) is 5.32 Å². The van der Waals surface area contributed by atoms with Crippen molar-refractivity contribution >= 4 is 34.7 Å². The second-order valence-electron chi connectivity index (χ2n) is 6.79. The van der Waals surface area contributed by atoms with E-state index in [-0.39, 0.29) is 16.2 Å². The quantitative estimate of drug-likeness (QED) is 0.323. The zero-order valence-electron chi connectivity index (χ0n) is 16.5. The van der Waals surface area contributed by atoms with E-state index in [2.05, 4.69) is 16.9 Å². The average molecular weight is 430 g/mol. The number of rotatable bonds is 6. The number of para-hydroxylation sites is 1. The van der Waals surface area contributed by atoms with Gasteiger partial charge in [-0.15, -0.1) is 6.58 Å². The van der Waals surface area contributed by atoms with Crippen LogP contribution < -0.4 is 15.6 Å². The number of carbonyl (C=O) groups excluding carboxylic acids is 1. The van der Waals surface area contributed by atoms with E-state index in [1.807, 2.05) is 30.3 Å². The Kier molecular flexibility index (Phi) is 5.77. The molecule has 7 heteroatoms. The summed E-state index contributed by atoms with van der Waals surface area (Å²) in [4.78, 5) is 28.3. The fourth-order valence-corrected chi connectivity index (χ4v) is 3.39. The van der Waals surface area contributed by atoms with E-state index >= 15 is 0 Å². The second kappa shape index (κ2) is 8.81. The third kappa shape index (κ3) is 4.46. The summed E-state index contributed by atoms with van der Waals surface area (Å²) in [5.41, 5.74) is 1.32. The van der Waals surface area contributed by atoms with Crippen molar-refractivity contribution in [1.82, 2.24) is 9.55 Å². The van der Waals surface area contributed by atoms with E-state index in [4.69, 9.17) is 17.0 Å². The molecule has 0 fully saturated rings. The fraction of sp³-hybridized carbons (Fsp3) is 0.0417. The number of amides is 1. The SMILES string of the molecule is C=CCn1c(=S)[nH]c2cc(C(=O)Nc3ccc(Oc4ccccc4)cc3)ccc2c1=O. The van der Waals surface area contributed by atoms with E-state index in [9.17, 15) is 9.59 Å². The lowest BCUT2D eigenvalue weighted by Gasteiger charge is -2.09. The number of fused-ring (bicyclic) bond motifs is 1. The molecule has 1 amide bonds. The van der Waals surface area contributed by atoms with Gasteiger partial charge in [0.1, 0.15) is 11.5 Å². The number of carbonyl (C=O) groups is 1. The predicted molar refractivity (Wildman–Crippen MR) is 125 cm³/mol. The molecule has 0 saturated heterocycles. The Bertz CT molecular complexity index is 1370. The molecule has 0 unspecified atom stereocenters. The Morgan fingerprint density at radius 2 is 1.77 bits per heavy atom. The molecular weight excluding hydrogens is 410 g/mol. The molecule has 0 aliphatic heterocycles. The van der Waals surface area contributed by atoms with Crippen LogP contribution in [0.3, 0.4) is 0 Å². The minimum atomic E-state index is -0.298. The normalized spacial score (nSPS) is 10.6. The number of anilines is 1. The van der Waals surface area contributed by atoms with Gasteiger partial charge in [0.05, 0.1) is 10.9 Å². The lowest BCUT2D eigenvalue weighted by atomic mass is 10.1. The van der Waals surface area contributed by atoms with E-state index in [0.29, 0.717) is 34.4 Å². The van der Waals surface area contributed by atoms with Gasteiger partial charge in [0.2, 0.25) is 0 Å². The van der Waals surface area contributed by atoms with Crippen LogP contribution in [-0.4, -0.2) is 15.5 Å². The van der Waals surface area contributed by atoms with E-state index in [0.717, 1.165) is 5.75 Å². The molecule has 4 rings (SSSR count).